The molecule has 2 aromatic rings. The van der Waals surface area contributed by atoms with Gasteiger partial charge in [-0.3, -0.25) is 0 Å². The minimum absolute atomic E-state index is 0.0209. The maximum Gasteiger partial charge on any atom is 0.534 e. The van der Waals surface area contributed by atoms with Crippen molar-refractivity contribution in [1.82, 2.24) is 0 Å². The van der Waals surface area contributed by atoms with Gasteiger partial charge in [0.25, 0.3) is 0 Å². The molecule has 0 bridgehead atoms. The summed E-state index contributed by atoms with van der Waals surface area (Å²) in [4.78, 5) is 11.9. The predicted octanol–water partition coefficient (Wildman–Crippen LogP) is 3.29. The highest BCUT2D eigenvalue weighted by Gasteiger charge is 2.49. The number of ether oxygens (including phenoxy) is 3. The molecule has 2 aromatic carbocycles. The second-order valence-electron chi connectivity index (χ2n) is 5.25. The number of methoxy groups -OCH3 is 2. The van der Waals surface area contributed by atoms with Crippen molar-refractivity contribution in [2.75, 3.05) is 14.2 Å². The zero-order chi connectivity index (χ0) is 20.9. The van der Waals surface area contributed by atoms with Crippen LogP contribution in [-0.4, -0.2) is 34.1 Å². The standard InChI is InChI=1S/C17H15F3O7S/c1-24-13-8-12(26-10-11-6-4-3-5-7-11)9-14(15(13)16(21)25-2)27-28(22,23)17(18,19)20/h3-9H,10H2,1-2H3. The van der Waals surface area contributed by atoms with Crippen molar-refractivity contribution < 1.29 is 44.8 Å². The Hall–Kier alpha value is -2.95. The van der Waals surface area contributed by atoms with Crippen molar-refractivity contribution in [3.63, 3.8) is 0 Å². The fourth-order valence-corrected chi connectivity index (χ4v) is 2.55. The minimum Gasteiger partial charge on any atom is -0.496 e. The molecule has 0 aliphatic carbocycles. The Labute approximate surface area is 158 Å². The number of hydrogen-bond acceptors (Lipinski definition) is 7. The fraction of sp³-hybridized carbons (Fsp3) is 0.235. The summed E-state index contributed by atoms with van der Waals surface area (Å²) in [7, 11) is -3.95. The molecule has 0 radical (unpaired) electrons. The first kappa shape index (κ1) is 21.4. The molecule has 152 valence electrons. The maximum atomic E-state index is 12.7. The molecule has 28 heavy (non-hydrogen) atoms. The highest BCUT2D eigenvalue weighted by Crippen LogP contribution is 2.38. The summed E-state index contributed by atoms with van der Waals surface area (Å²) in [5.74, 6) is -2.46. The SMILES string of the molecule is COC(=O)c1c(OC)cc(OCc2ccccc2)cc1OS(=O)(=O)C(F)(F)F. The third kappa shape index (κ3) is 4.85. The van der Waals surface area contributed by atoms with Gasteiger partial charge in [0.05, 0.1) is 14.2 Å². The highest BCUT2D eigenvalue weighted by molar-refractivity contribution is 7.88. The zero-order valence-electron chi connectivity index (χ0n) is 14.6. The summed E-state index contributed by atoms with van der Waals surface area (Å²) in [5, 5.41) is 0. The van der Waals surface area contributed by atoms with E-state index in [1.54, 1.807) is 30.3 Å². The summed E-state index contributed by atoms with van der Waals surface area (Å²) in [6.07, 6.45) is 0. The first-order chi connectivity index (χ1) is 13.1. The second kappa shape index (κ2) is 8.38. The summed E-state index contributed by atoms with van der Waals surface area (Å²) >= 11 is 0. The Morgan fingerprint density at radius 1 is 1.04 bits per heavy atom. The van der Waals surface area contributed by atoms with Gasteiger partial charge in [0.15, 0.2) is 5.75 Å². The summed E-state index contributed by atoms with van der Waals surface area (Å²) in [5.41, 5.74) is -5.59. The molecule has 0 aliphatic heterocycles. The average Bonchev–Trinajstić information content (AvgIpc) is 2.65. The van der Waals surface area contributed by atoms with E-state index in [0.717, 1.165) is 25.8 Å². The molecular formula is C17H15F3O7S. The van der Waals surface area contributed by atoms with Gasteiger partial charge in [0, 0.05) is 12.1 Å². The van der Waals surface area contributed by atoms with Crippen LogP contribution in [0, 0.1) is 0 Å². The van der Waals surface area contributed by atoms with Gasteiger partial charge in [-0.25, -0.2) is 4.79 Å². The number of alkyl halides is 3. The molecule has 0 fully saturated rings. The number of carbonyl (C=O) groups is 1. The molecule has 0 saturated heterocycles. The van der Waals surface area contributed by atoms with Gasteiger partial charge in [-0.05, 0) is 5.56 Å². The zero-order valence-corrected chi connectivity index (χ0v) is 15.5. The van der Waals surface area contributed by atoms with Crippen LogP contribution in [0.25, 0.3) is 0 Å². The van der Waals surface area contributed by atoms with E-state index in [0.29, 0.717) is 0 Å². The van der Waals surface area contributed by atoms with Crippen LogP contribution in [0.15, 0.2) is 42.5 Å². The van der Waals surface area contributed by atoms with Crippen molar-refractivity contribution in [2.45, 2.75) is 12.1 Å². The molecule has 0 amide bonds. The van der Waals surface area contributed by atoms with E-state index in [1.807, 2.05) is 0 Å². The van der Waals surface area contributed by atoms with Crippen LogP contribution in [0.5, 0.6) is 17.2 Å². The van der Waals surface area contributed by atoms with E-state index >= 15 is 0 Å². The number of halogens is 3. The molecule has 0 spiro atoms. The quantitative estimate of drug-likeness (QED) is 0.386. The van der Waals surface area contributed by atoms with Crippen molar-refractivity contribution >= 4 is 16.1 Å². The van der Waals surface area contributed by atoms with Gasteiger partial charge >= 0.3 is 21.6 Å². The van der Waals surface area contributed by atoms with E-state index in [9.17, 15) is 26.4 Å². The van der Waals surface area contributed by atoms with Gasteiger partial charge in [-0.1, -0.05) is 30.3 Å². The molecule has 7 nitrogen and oxygen atoms in total. The maximum absolute atomic E-state index is 12.7. The van der Waals surface area contributed by atoms with Crippen LogP contribution < -0.4 is 13.7 Å². The lowest BCUT2D eigenvalue weighted by atomic mass is 10.1. The first-order valence-corrected chi connectivity index (χ1v) is 8.97. The Bertz CT molecular complexity index is 941. The average molecular weight is 420 g/mol. The molecule has 0 unspecified atom stereocenters. The van der Waals surface area contributed by atoms with E-state index < -0.39 is 32.9 Å². The first-order valence-electron chi connectivity index (χ1n) is 7.57. The number of benzene rings is 2. The molecular weight excluding hydrogens is 405 g/mol. The highest BCUT2D eigenvalue weighted by atomic mass is 32.2. The van der Waals surface area contributed by atoms with E-state index in [4.69, 9.17) is 9.47 Å². The third-order valence-corrected chi connectivity index (χ3v) is 4.35. The Morgan fingerprint density at radius 3 is 2.18 bits per heavy atom. The van der Waals surface area contributed by atoms with Crippen LogP contribution in [0.1, 0.15) is 15.9 Å². The van der Waals surface area contributed by atoms with Crippen LogP contribution in [0.3, 0.4) is 0 Å². The van der Waals surface area contributed by atoms with Crippen LogP contribution in [0.2, 0.25) is 0 Å². The molecule has 0 aromatic heterocycles. The molecule has 0 saturated carbocycles. The molecule has 0 heterocycles. The van der Waals surface area contributed by atoms with Crippen molar-refractivity contribution in [1.29, 1.82) is 0 Å². The van der Waals surface area contributed by atoms with Crippen molar-refractivity contribution in [3.05, 3.63) is 53.6 Å². The van der Waals surface area contributed by atoms with Gasteiger partial charge in [-0.2, -0.15) is 21.6 Å². The number of rotatable bonds is 7. The third-order valence-electron chi connectivity index (χ3n) is 3.38. The molecule has 2 rings (SSSR count). The van der Waals surface area contributed by atoms with Crippen LogP contribution in [0.4, 0.5) is 13.2 Å². The minimum atomic E-state index is -6.04. The number of carbonyl (C=O) groups excluding carboxylic acids is 1. The van der Waals surface area contributed by atoms with Crippen LogP contribution >= 0.6 is 0 Å². The summed E-state index contributed by atoms with van der Waals surface area (Å²) < 4.78 is 79.9. The Morgan fingerprint density at radius 2 is 1.64 bits per heavy atom. The van der Waals surface area contributed by atoms with Gasteiger partial charge in [-0.15, -0.1) is 0 Å². The number of esters is 1. The lowest BCUT2D eigenvalue weighted by Gasteiger charge is -2.16. The van der Waals surface area contributed by atoms with Gasteiger partial charge < -0.3 is 18.4 Å². The van der Waals surface area contributed by atoms with Gasteiger partial charge in [0.2, 0.25) is 0 Å². The Kier molecular flexibility index (Phi) is 6.39. The molecule has 0 aliphatic rings. The van der Waals surface area contributed by atoms with Gasteiger partial charge in [0.1, 0.15) is 23.7 Å². The predicted molar refractivity (Wildman–Crippen MR) is 90.7 cm³/mol. The Balaban J connectivity index is 2.48. The van der Waals surface area contributed by atoms with E-state index in [-0.39, 0.29) is 18.1 Å². The topological polar surface area (TPSA) is 88.1 Å². The molecule has 0 atom stereocenters. The normalized spacial score (nSPS) is 11.6. The second-order valence-corrected chi connectivity index (χ2v) is 6.79. The monoisotopic (exact) mass is 420 g/mol. The lowest BCUT2D eigenvalue weighted by Crippen LogP contribution is -2.28. The lowest BCUT2D eigenvalue weighted by molar-refractivity contribution is -0.0500. The summed E-state index contributed by atoms with van der Waals surface area (Å²) in [6.45, 7) is 0.0209. The number of hydrogen-bond donors (Lipinski definition) is 0. The smallest absolute Gasteiger partial charge is 0.496 e. The van der Waals surface area contributed by atoms with Crippen molar-refractivity contribution in [2.24, 2.45) is 0 Å². The molecule has 0 N–H and O–H groups in total. The van der Waals surface area contributed by atoms with Crippen LogP contribution in [-0.2, 0) is 21.5 Å². The van der Waals surface area contributed by atoms with Crippen molar-refractivity contribution in [3.8, 4) is 17.2 Å². The fourth-order valence-electron chi connectivity index (χ4n) is 2.09. The summed E-state index contributed by atoms with van der Waals surface area (Å²) in [6, 6.07) is 10.8. The van der Waals surface area contributed by atoms with E-state index in [2.05, 4.69) is 8.92 Å². The largest absolute Gasteiger partial charge is 0.534 e. The molecule has 11 heteroatoms. The van der Waals surface area contributed by atoms with E-state index in [1.165, 1.54) is 6.07 Å².